The third kappa shape index (κ3) is 5.86. The molecule has 3 N–H and O–H groups in total. The van der Waals surface area contributed by atoms with Gasteiger partial charge in [-0.25, -0.2) is 13.6 Å². The molecule has 0 aromatic heterocycles. The minimum atomic E-state index is -3.74. The fourth-order valence-electron chi connectivity index (χ4n) is 2.57. The van der Waals surface area contributed by atoms with Crippen molar-refractivity contribution in [1.29, 1.82) is 0 Å². The van der Waals surface area contributed by atoms with Gasteiger partial charge in [-0.3, -0.25) is 4.79 Å². The van der Waals surface area contributed by atoms with Gasteiger partial charge in [-0.2, -0.15) is 0 Å². The molecule has 0 aliphatic carbocycles. The molecule has 0 bridgehead atoms. The summed E-state index contributed by atoms with van der Waals surface area (Å²) in [6, 6.07) is 5.55. The van der Waals surface area contributed by atoms with Crippen LogP contribution in [0.1, 0.15) is 29.6 Å². The second kappa shape index (κ2) is 8.57. The van der Waals surface area contributed by atoms with Crippen LogP contribution in [0.3, 0.4) is 0 Å². The van der Waals surface area contributed by atoms with Gasteiger partial charge in [0.05, 0.1) is 11.0 Å². The number of likely N-dealkylation sites (tertiary alicyclic amines) is 1. The summed E-state index contributed by atoms with van der Waals surface area (Å²) in [5.74, 6) is -0.240. The molecule has 0 radical (unpaired) electrons. The Morgan fingerprint density at radius 1 is 1.29 bits per heavy atom. The zero-order valence-electron chi connectivity index (χ0n) is 13.9. The van der Waals surface area contributed by atoms with Gasteiger partial charge in [0.2, 0.25) is 10.0 Å². The van der Waals surface area contributed by atoms with E-state index in [0.717, 1.165) is 32.4 Å². The molecule has 1 saturated heterocycles. The summed E-state index contributed by atoms with van der Waals surface area (Å²) in [5.41, 5.74) is 0.402. The average molecular weight is 355 g/mol. The fourth-order valence-corrected chi connectivity index (χ4v) is 3.09. The molecule has 7 nitrogen and oxygen atoms in total. The molecule has 134 valence electrons. The van der Waals surface area contributed by atoms with E-state index in [1.165, 1.54) is 24.3 Å². The third-order valence-corrected chi connectivity index (χ3v) is 5.00. The summed E-state index contributed by atoms with van der Waals surface area (Å²) in [4.78, 5) is 14.3. The van der Waals surface area contributed by atoms with Crippen LogP contribution in [-0.4, -0.2) is 58.6 Å². The number of nitrogens with two attached hydrogens (primary N) is 1. The van der Waals surface area contributed by atoms with Crippen molar-refractivity contribution >= 4 is 15.9 Å². The second-order valence-corrected chi connectivity index (χ2v) is 7.61. The van der Waals surface area contributed by atoms with Crippen molar-refractivity contribution in [3.8, 4) is 0 Å². The Balaban J connectivity index is 1.66. The molecule has 1 aromatic carbocycles. The molecule has 1 aromatic rings. The van der Waals surface area contributed by atoms with Crippen molar-refractivity contribution in [2.24, 2.45) is 5.14 Å². The van der Waals surface area contributed by atoms with Crippen LogP contribution in [0, 0.1) is 0 Å². The average Bonchev–Trinajstić information content (AvgIpc) is 2.55. The van der Waals surface area contributed by atoms with Gasteiger partial charge in [-0.15, -0.1) is 0 Å². The van der Waals surface area contributed by atoms with Gasteiger partial charge in [-0.1, -0.05) is 0 Å². The highest BCUT2D eigenvalue weighted by molar-refractivity contribution is 7.89. The van der Waals surface area contributed by atoms with Crippen LogP contribution < -0.4 is 10.5 Å². The van der Waals surface area contributed by atoms with Crippen LogP contribution in [0.5, 0.6) is 0 Å². The standard InChI is InChI=1S/C16H25N3O4S/c1-19-10-7-14(8-11-19)23-12-2-9-18-16(20)13-3-5-15(6-4-13)24(17,21)22/h3-6,14H,2,7-12H2,1H3,(H,18,20)(H2,17,21,22). The number of benzene rings is 1. The number of amides is 1. The smallest absolute Gasteiger partial charge is 0.251 e. The maximum Gasteiger partial charge on any atom is 0.251 e. The van der Waals surface area contributed by atoms with Crippen molar-refractivity contribution in [1.82, 2.24) is 10.2 Å². The summed E-state index contributed by atoms with van der Waals surface area (Å²) < 4.78 is 28.1. The number of primary sulfonamides is 1. The first-order chi connectivity index (χ1) is 11.4. The van der Waals surface area contributed by atoms with Gasteiger partial charge >= 0.3 is 0 Å². The van der Waals surface area contributed by atoms with Crippen LogP contribution in [0.4, 0.5) is 0 Å². The van der Waals surface area contributed by atoms with Crippen LogP contribution in [-0.2, 0) is 14.8 Å². The number of rotatable bonds is 7. The van der Waals surface area contributed by atoms with Crippen molar-refractivity contribution in [2.45, 2.75) is 30.3 Å². The maximum absolute atomic E-state index is 12.0. The van der Waals surface area contributed by atoms with Crippen LogP contribution in [0.15, 0.2) is 29.2 Å². The quantitative estimate of drug-likeness (QED) is 0.696. The Kier molecular flexibility index (Phi) is 6.73. The monoisotopic (exact) mass is 355 g/mol. The Hall–Kier alpha value is -1.48. The van der Waals surface area contributed by atoms with Gasteiger partial charge in [0.25, 0.3) is 5.91 Å². The molecule has 8 heteroatoms. The number of hydrogen-bond donors (Lipinski definition) is 2. The molecule has 24 heavy (non-hydrogen) atoms. The molecule has 1 fully saturated rings. The molecule has 0 spiro atoms. The summed E-state index contributed by atoms with van der Waals surface area (Å²) in [7, 11) is -1.62. The highest BCUT2D eigenvalue weighted by Gasteiger charge is 2.16. The zero-order valence-corrected chi connectivity index (χ0v) is 14.7. The van der Waals surface area contributed by atoms with Crippen molar-refractivity contribution in [3.63, 3.8) is 0 Å². The molecular weight excluding hydrogens is 330 g/mol. The molecule has 2 rings (SSSR count). The third-order valence-electron chi connectivity index (χ3n) is 4.07. The number of piperidine rings is 1. The predicted octanol–water partition coefficient (Wildman–Crippen LogP) is 0.565. The SMILES string of the molecule is CN1CCC(OCCCNC(=O)c2ccc(S(N)(=O)=O)cc2)CC1. The Bertz CT molecular complexity index is 638. The number of carbonyl (C=O) groups is 1. The lowest BCUT2D eigenvalue weighted by Crippen LogP contribution is -2.34. The molecule has 0 atom stereocenters. The Morgan fingerprint density at radius 3 is 2.50 bits per heavy atom. The lowest BCUT2D eigenvalue weighted by molar-refractivity contribution is 0.0117. The lowest BCUT2D eigenvalue weighted by Gasteiger charge is -2.28. The number of ether oxygens (including phenoxy) is 1. The number of hydrogen-bond acceptors (Lipinski definition) is 5. The van der Waals surface area contributed by atoms with Gasteiger partial charge in [0.15, 0.2) is 0 Å². The second-order valence-electron chi connectivity index (χ2n) is 6.05. The van der Waals surface area contributed by atoms with E-state index in [2.05, 4.69) is 17.3 Å². The van der Waals surface area contributed by atoms with E-state index in [0.29, 0.717) is 24.8 Å². The van der Waals surface area contributed by atoms with Crippen molar-refractivity contribution in [2.75, 3.05) is 33.3 Å². The first-order valence-electron chi connectivity index (χ1n) is 8.07. The zero-order chi connectivity index (χ0) is 17.6. The summed E-state index contributed by atoms with van der Waals surface area (Å²) in [6.45, 7) is 3.27. The summed E-state index contributed by atoms with van der Waals surface area (Å²) in [5, 5.41) is 7.81. The van der Waals surface area contributed by atoms with Crippen LogP contribution in [0.2, 0.25) is 0 Å². The van der Waals surface area contributed by atoms with Gasteiger partial charge in [-0.05, 0) is 50.6 Å². The van der Waals surface area contributed by atoms with Crippen LogP contribution >= 0.6 is 0 Å². The van der Waals surface area contributed by atoms with Gasteiger partial charge < -0.3 is 15.0 Å². The number of sulfonamides is 1. The molecule has 1 aliphatic rings. The molecule has 0 saturated carbocycles. The topological polar surface area (TPSA) is 102 Å². The number of nitrogens with one attached hydrogen (secondary N) is 1. The Labute approximate surface area is 143 Å². The first kappa shape index (κ1) is 18.9. The molecule has 1 heterocycles. The lowest BCUT2D eigenvalue weighted by atomic mass is 10.1. The highest BCUT2D eigenvalue weighted by atomic mass is 32.2. The van der Waals surface area contributed by atoms with E-state index in [1.807, 2.05) is 0 Å². The largest absolute Gasteiger partial charge is 0.378 e. The van der Waals surface area contributed by atoms with Crippen LogP contribution in [0.25, 0.3) is 0 Å². The molecule has 1 amide bonds. The van der Waals surface area contributed by atoms with Crippen molar-refractivity contribution in [3.05, 3.63) is 29.8 Å². The molecule has 1 aliphatic heterocycles. The van der Waals surface area contributed by atoms with E-state index in [1.54, 1.807) is 0 Å². The van der Waals surface area contributed by atoms with E-state index >= 15 is 0 Å². The number of carbonyl (C=O) groups excluding carboxylic acids is 1. The summed E-state index contributed by atoms with van der Waals surface area (Å²) >= 11 is 0. The highest BCUT2D eigenvalue weighted by Crippen LogP contribution is 2.12. The van der Waals surface area contributed by atoms with Gasteiger partial charge in [0.1, 0.15) is 0 Å². The van der Waals surface area contributed by atoms with E-state index in [9.17, 15) is 13.2 Å². The van der Waals surface area contributed by atoms with E-state index in [-0.39, 0.29) is 10.8 Å². The first-order valence-corrected chi connectivity index (χ1v) is 9.62. The normalized spacial score (nSPS) is 16.9. The minimum absolute atomic E-state index is 0.00873. The summed E-state index contributed by atoms with van der Waals surface area (Å²) in [6.07, 6.45) is 3.17. The predicted molar refractivity (Wildman–Crippen MR) is 91.2 cm³/mol. The fraction of sp³-hybridized carbons (Fsp3) is 0.562. The molecule has 0 unspecified atom stereocenters. The Morgan fingerprint density at radius 2 is 1.92 bits per heavy atom. The van der Waals surface area contributed by atoms with E-state index in [4.69, 9.17) is 9.88 Å². The van der Waals surface area contributed by atoms with Gasteiger partial charge in [0, 0.05) is 31.8 Å². The molecular formula is C16H25N3O4S. The minimum Gasteiger partial charge on any atom is -0.378 e. The number of nitrogens with zero attached hydrogens (tertiary/aromatic N) is 1. The van der Waals surface area contributed by atoms with E-state index < -0.39 is 10.0 Å². The van der Waals surface area contributed by atoms with Crippen molar-refractivity contribution < 1.29 is 17.9 Å². The maximum atomic E-state index is 12.0.